The molecule has 1 nitrogen and oxygen atoms in total. The average molecular weight is 295 g/mol. The summed E-state index contributed by atoms with van der Waals surface area (Å²) in [6.45, 7) is 11.6. The predicted octanol–water partition coefficient (Wildman–Crippen LogP) is 5.20. The van der Waals surface area contributed by atoms with Crippen LogP contribution in [0.5, 0.6) is 0 Å². The van der Waals surface area contributed by atoms with Crippen LogP contribution >= 0.6 is 0 Å². The molecule has 0 radical (unpaired) electrons. The van der Waals surface area contributed by atoms with Crippen LogP contribution in [0.15, 0.2) is 24.3 Å². The van der Waals surface area contributed by atoms with E-state index in [1.165, 1.54) is 40.1 Å². The summed E-state index contributed by atoms with van der Waals surface area (Å²) in [6.07, 6.45) is 4.54. The lowest BCUT2D eigenvalue weighted by atomic mass is 9.76. The van der Waals surface area contributed by atoms with Crippen molar-refractivity contribution in [3.05, 3.63) is 57.9 Å². The van der Waals surface area contributed by atoms with Gasteiger partial charge in [-0.1, -0.05) is 52.8 Å². The van der Waals surface area contributed by atoms with E-state index in [4.69, 9.17) is 0 Å². The molecule has 1 aliphatic carbocycles. The third-order valence-electron chi connectivity index (χ3n) is 5.15. The maximum Gasteiger partial charge on any atom is 0.0194 e. The van der Waals surface area contributed by atoms with Crippen LogP contribution < -0.4 is 0 Å². The SMILES string of the molecule is CCc1cc2c([nH]1)CCc1ccc(CC(C)C)cc1C2(C)C. The first kappa shape index (κ1) is 15.4. The van der Waals surface area contributed by atoms with Crippen LogP contribution in [0.3, 0.4) is 0 Å². The van der Waals surface area contributed by atoms with E-state index in [1.807, 2.05) is 0 Å². The number of aromatic amines is 1. The largest absolute Gasteiger partial charge is 0.362 e. The van der Waals surface area contributed by atoms with Gasteiger partial charge in [0.1, 0.15) is 0 Å². The molecule has 0 aliphatic heterocycles. The highest BCUT2D eigenvalue weighted by molar-refractivity contribution is 5.49. The van der Waals surface area contributed by atoms with Gasteiger partial charge >= 0.3 is 0 Å². The third kappa shape index (κ3) is 2.62. The van der Waals surface area contributed by atoms with Crippen LogP contribution in [0.25, 0.3) is 0 Å². The number of fused-ring (bicyclic) bond motifs is 2. The summed E-state index contributed by atoms with van der Waals surface area (Å²) < 4.78 is 0. The second-order valence-corrected chi connectivity index (χ2v) is 7.75. The van der Waals surface area contributed by atoms with Crippen molar-refractivity contribution < 1.29 is 0 Å². The van der Waals surface area contributed by atoms with Gasteiger partial charge in [0, 0.05) is 16.8 Å². The van der Waals surface area contributed by atoms with Crippen LogP contribution in [0.4, 0.5) is 0 Å². The molecule has 0 atom stereocenters. The Labute approximate surface area is 135 Å². The zero-order chi connectivity index (χ0) is 15.9. The Balaban J connectivity index is 2.10. The quantitative estimate of drug-likeness (QED) is 0.801. The number of benzene rings is 1. The average Bonchev–Trinajstić information content (AvgIpc) is 2.85. The summed E-state index contributed by atoms with van der Waals surface area (Å²) >= 11 is 0. The first-order chi connectivity index (χ1) is 10.4. The van der Waals surface area contributed by atoms with Crippen LogP contribution in [0.1, 0.15) is 68.3 Å². The van der Waals surface area contributed by atoms with Crippen molar-refractivity contribution in [3.63, 3.8) is 0 Å². The molecular formula is C21H29N. The lowest BCUT2D eigenvalue weighted by Crippen LogP contribution is -2.20. The minimum atomic E-state index is 0.0953. The van der Waals surface area contributed by atoms with Gasteiger partial charge in [-0.2, -0.15) is 0 Å². The third-order valence-corrected chi connectivity index (χ3v) is 5.15. The lowest BCUT2D eigenvalue weighted by Gasteiger charge is -2.27. The number of rotatable bonds is 3. The number of aryl methyl sites for hydroxylation is 3. The predicted molar refractivity (Wildman–Crippen MR) is 94.7 cm³/mol. The van der Waals surface area contributed by atoms with E-state index in [1.54, 1.807) is 0 Å². The zero-order valence-corrected chi connectivity index (χ0v) is 14.7. The smallest absolute Gasteiger partial charge is 0.0194 e. The summed E-state index contributed by atoms with van der Waals surface area (Å²) in [6, 6.07) is 9.59. The molecule has 2 aromatic rings. The lowest BCUT2D eigenvalue weighted by molar-refractivity contribution is 0.624. The fourth-order valence-corrected chi connectivity index (χ4v) is 3.93. The minimum absolute atomic E-state index is 0.0953. The highest BCUT2D eigenvalue weighted by Crippen LogP contribution is 2.40. The van der Waals surface area contributed by atoms with E-state index in [0.29, 0.717) is 5.92 Å². The van der Waals surface area contributed by atoms with E-state index >= 15 is 0 Å². The molecule has 1 heterocycles. The number of aromatic nitrogens is 1. The van der Waals surface area contributed by atoms with Crippen molar-refractivity contribution in [1.82, 2.24) is 4.98 Å². The Morgan fingerprint density at radius 2 is 1.86 bits per heavy atom. The second-order valence-electron chi connectivity index (χ2n) is 7.75. The zero-order valence-electron chi connectivity index (χ0n) is 14.7. The molecule has 1 aliphatic rings. The van der Waals surface area contributed by atoms with Gasteiger partial charge in [-0.15, -0.1) is 0 Å². The number of nitrogens with one attached hydrogen (secondary N) is 1. The van der Waals surface area contributed by atoms with Crippen molar-refractivity contribution in [1.29, 1.82) is 0 Å². The van der Waals surface area contributed by atoms with Crippen LogP contribution in [0.2, 0.25) is 0 Å². The summed E-state index contributed by atoms with van der Waals surface area (Å²) in [5.41, 5.74) is 8.97. The maximum atomic E-state index is 3.66. The Morgan fingerprint density at radius 3 is 2.55 bits per heavy atom. The molecule has 3 rings (SSSR count). The van der Waals surface area contributed by atoms with Gasteiger partial charge in [0.2, 0.25) is 0 Å². The molecule has 0 amide bonds. The molecule has 0 saturated heterocycles. The molecule has 118 valence electrons. The normalized spacial score (nSPS) is 16.3. The van der Waals surface area contributed by atoms with Crippen molar-refractivity contribution in [2.45, 2.75) is 65.7 Å². The van der Waals surface area contributed by atoms with Gasteiger partial charge in [0.15, 0.2) is 0 Å². The van der Waals surface area contributed by atoms with Crippen molar-refractivity contribution >= 4 is 0 Å². The topological polar surface area (TPSA) is 15.8 Å². The Kier molecular flexibility index (Phi) is 3.92. The number of H-pyrrole nitrogens is 1. The molecule has 0 unspecified atom stereocenters. The summed E-state index contributed by atoms with van der Waals surface area (Å²) in [5, 5.41) is 0. The Morgan fingerprint density at radius 1 is 1.09 bits per heavy atom. The van der Waals surface area contributed by atoms with Gasteiger partial charge in [-0.05, 0) is 59.9 Å². The summed E-state index contributed by atoms with van der Waals surface area (Å²) in [7, 11) is 0. The number of hydrogen-bond donors (Lipinski definition) is 1. The Bertz CT molecular complexity index is 673. The summed E-state index contributed by atoms with van der Waals surface area (Å²) in [5.74, 6) is 0.710. The fraction of sp³-hybridized carbons (Fsp3) is 0.524. The standard InChI is InChI=1S/C21H29N/c1-6-17-13-19-20(22-17)10-9-16-8-7-15(11-14(2)3)12-18(16)21(19,4)5/h7-8,12-14,22H,6,9-11H2,1-5H3. The minimum Gasteiger partial charge on any atom is -0.362 e. The summed E-state index contributed by atoms with van der Waals surface area (Å²) in [4.78, 5) is 3.66. The van der Waals surface area contributed by atoms with E-state index in [2.05, 4.69) is 63.9 Å². The van der Waals surface area contributed by atoms with E-state index in [-0.39, 0.29) is 5.41 Å². The van der Waals surface area contributed by atoms with E-state index < -0.39 is 0 Å². The molecule has 0 saturated carbocycles. The van der Waals surface area contributed by atoms with Gasteiger partial charge < -0.3 is 4.98 Å². The van der Waals surface area contributed by atoms with Gasteiger partial charge in [-0.25, -0.2) is 0 Å². The van der Waals surface area contributed by atoms with Crippen molar-refractivity contribution in [2.75, 3.05) is 0 Å². The van der Waals surface area contributed by atoms with Gasteiger partial charge in [0.25, 0.3) is 0 Å². The molecule has 1 aromatic carbocycles. The molecule has 22 heavy (non-hydrogen) atoms. The van der Waals surface area contributed by atoms with E-state index in [0.717, 1.165) is 19.3 Å². The highest BCUT2D eigenvalue weighted by Gasteiger charge is 2.32. The molecule has 0 bridgehead atoms. The molecule has 1 aromatic heterocycles. The van der Waals surface area contributed by atoms with Crippen molar-refractivity contribution in [3.8, 4) is 0 Å². The highest BCUT2D eigenvalue weighted by atomic mass is 14.7. The molecule has 0 spiro atoms. The number of hydrogen-bond acceptors (Lipinski definition) is 0. The molecule has 1 heteroatoms. The fourth-order valence-electron chi connectivity index (χ4n) is 3.93. The first-order valence-electron chi connectivity index (χ1n) is 8.75. The Hall–Kier alpha value is -1.50. The van der Waals surface area contributed by atoms with Gasteiger partial charge in [0.05, 0.1) is 0 Å². The second kappa shape index (κ2) is 5.61. The molecule has 0 fully saturated rings. The van der Waals surface area contributed by atoms with Gasteiger partial charge in [-0.3, -0.25) is 0 Å². The van der Waals surface area contributed by atoms with Crippen LogP contribution in [0, 0.1) is 5.92 Å². The maximum absolute atomic E-state index is 3.66. The molecular weight excluding hydrogens is 266 g/mol. The monoisotopic (exact) mass is 295 g/mol. The van der Waals surface area contributed by atoms with E-state index in [9.17, 15) is 0 Å². The first-order valence-corrected chi connectivity index (χ1v) is 8.75. The van der Waals surface area contributed by atoms with Crippen LogP contribution in [-0.4, -0.2) is 4.98 Å². The van der Waals surface area contributed by atoms with Crippen LogP contribution in [-0.2, 0) is 31.1 Å². The van der Waals surface area contributed by atoms with Crippen molar-refractivity contribution in [2.24, 2.45) is 5.92 Å². The molecule has 1 N–H and O–H groups in total.